The summed E-state index contributed by atoms with van der Waals surface area (Å²) >= 11 is 2.31. The van der Waals surface area contributed by atoms with Crippen molar-refractivity contribution in [2.45, 2.75) is 12.5 Å². The van der Waals surface area contributed by atoms with E-state index in [-0.39, 0.29) is 6.04 Å². The third-order valence-corrected chi connectivity index (χ3v) is 2.73. The molecule has 2 N–H and O–H groups in total. The van der Waals surface area contributed by atoms with Crippen LogP contribution in [0.1, 0.15) is 5.56 Å². The first-order valence-electron chi connectivity index (χ1n) is 4.72. The highest BCUT2D eigenvalue weighted by Gasteiger charge is 2.04. The van der Waals surface area contributed by atoms with Crippen molar-refractivity contribution >= 4 is 22.6 Å². The molecule has 0 aliphatic heterocycles. The predicted molar refractivity (Wildman–Crippen MR) is 69.4 cm³/mol. The summed E-state index contributed by atoms with van der Waals surface area (Å²) in [5.74, 6) is 0. The number of likely N-dealkylation sites (N-methyl/N-ethyl adjacent to an activating group) is 1. The summed E-state index contributed by atoms with van der Waals surface area (Å²) in [5, 5.41) is 0. The lowest BCUT2D eigenvalue weighted by Gasteiger charge is -2.16. The molecule has 0 aromatic heterocycles. The second kappa shape index (κ2) is 5.68. The van der Waals surface area contributed by atoms with Crippen molar-refractivity contribution < 1.29 is 0 Å². The van der Waals surface area contributed by atoms with E-state index in [0.29, 0.717) is 0 Å². The van der Waals surface area contributed by atoms with Crippen molar-refractivity contribution in [2.24, 2.45) is 5.73 Å². The van der Waals surface area contributed by atoms with Crippen LogP contribution in [0.15, 0.2) is 24.3 Å². The molecule has 0 heterocycles. The Morgan fingerprint density at radius 2 is 1.86 bits per heavy atom. The van der Waals surface area contributed by atoms with Gasteiger partial charge in [0.05, 0.1) is 0 Å². The normalized spacial score (nSPS) is 13.2. The monoisotopic (exact) mass is 304 g/mol. The minimum Gasteiger partial charge on any atom is -0.326 e. The smallest absolute Gasteiger partial charge is 0.0208 e. The Balaban J connectivity index is 2.47. The summed E-state index contributed by atoms with van der Waals surface area (Å²) in [6.45, 7) is 0.936. The van der Waals surface area contributed by atoms with E-state index in [1.807, 2.05) is 14.1 Å². The zero-order valence-electron chi connectivity index (χ0n) is 8.70. The molecule has 14 heavy (non-hydrogen) atoms. The first kappa shape index (κ1) is 11.9. The Labute approximate surface area is 99.6 Å². The molecule has 2 nitrogen and oxygen atoms in total. The molecule has 0 spiro atoms. The lowest BCUT2D eigenvalue weighted by Crippen LogP contribution is -2.34. The van der Waals surface area contributed by atoms with Gasteiger partial charge in [-0.25, -0.2) is 0 Å². The lowest BCUT2D eigenvalue weighted by atomic mass is 10.1. The minimum atomic E-state index is 0.227. The van der Waals surface area contributed by atoms with Crippen molar-refractivity contribution in [3.8, 4) is 0 Å². The van der Waals surface area contributed by atoms with Gasteiger partial charge in [0.1, 0.15) is 0 Å². The van der Waals surface area contributed by atoms with E-state index in [0.717, 1.165) is 13.0 Å². The summed E-state index contributed by atoms with van der Waals surface area (Å²) in [5.41, 5.74) is 7.32. The van der Waals surface area contributed by atoms with Crippen LogP contribution in [0, 0.1) is 3.57 Å². The Bertz CT molecular complexity index is 269. The number of nitrogens with zero attached hydrogens (tertiary/aromatic N) is 1. The average molecular weight is 304 g/mol. The fraction of sp³-hybridized carbons (Fsp3) is 0.455. The molecule has 1 aromatic carbocycles. The fourth-order valence-electron chi connectivity index (χ4n) is 1.46. The molecule has 0 aliphatic rings. The molecule has 0 aliphatic carbocycles. The van der Waals surface area contributed by atoms with Crippen LogP contribution in [0.4, 0.5) is 0 Å². The van der Waals surface area contributed by atoms with Gasteiger partial charge < -0.3 is 10.6 Å². The average Bonchev–Trinajstić information content (AvgIpc) is 2.07. The molecule has 78 valence electrons. The highest BCUT2D eigenvalue weighted by atomic mass is 127. The number of nitrogens with two attached hydrogens (primary N) is 1. The van der Waals surface area contributed by atoms with Crippen LogP contribution in [-0.2, 0) is 6.42 Å². The van der Waals surface area contributed by atoms with Crippen molar-refractivity contribution in [3.05, 3.63) is 33.4 Å². The molecule has 0 saturated carbocycles. The molecule has 1 aromatic rings. The largest absolute Gasteiger partial charge is 0.326 e. The molecule has 1 atom stereocenters. The molecular weight excluding hydrogens is 287 g/mol. The maximum Gasteiger partial charge on any atom is 0.0208 e. The van der Waals surface area contributed by atoms with E-state index >= 15 is 0 Å². The van der Waals surface area contributed by atoms with Crippen molar-refractivity contribution in [2.75, 3.05) is 20.6 Å². The van der Waals surface area contributed by atoms with Crippen molar-refractivity contribution in [3.63, 3.8) is 0 Å². The van der Waals surface area contributed by atoms with Crippen LogP contribution in [0.3, 0.4) is 0 Å². The molecule has 0 bridgehead atoms. The van der Waals surface area contributed by atoms with Crippen LogP contribution in [0.5, 0.6) is 0 Å². The molecule has 1 rings (SSSR count). The number of rotatable bonds is 4. The van der Waals surface area contributed by atoms with Crippen molar-refractivity contribution in [1.82, 2.24) is 4.90 Å². The zero-order valence-corrected chi connectivity index (χ0v) is 10.9. The Morgan fingerprint density at radius 3 is 2.36 bits per heavy atom. The minimum absolute atomic E-state index is 0.227. The maximum atomic E-state index is 6.00. The standard InChI is InChI=1S/C11H17IN2/c1-14(2)8-11(13)7-9-3-5-10(12)6-4-9/h3-6,11H,7-8,13H2,1-2H3. The Morgan fingerprint density at radius 1 is 1.29 bits per heavy atom. The van der Waals surface area contributed by atoms with Crippen LogP contribution < -0.4 is 5.73 Å². The van der Waals surface area contributed by atoms with E-state index < -0.39 is 0 Å². The summed E-state index contributed by atoms with van der Waals surface area (Å²) in [6, 6.07) is 8.77. The summed E-state index contributed by atoms with van der Waals surface area (Å²) < 4.78 is 1.27. The third kappa shape index (κ3) is 4.39. The van der Waals surface area contributed by atoms with Gasteiger partial charge in [-0.3, -0.25) is 0 Å². The number of benzene rings is 1. The molecule has 0 amide bonds. The number of hydrogen-bond donors (Lipinski definition) is 1. The Hall–Kier alpha value is -0.130. The topological polar surface area (TPSA) is 29.3 Å². The van der Waals surface area contributed by atoms with Crippen molar-refractivity contribution in [1.29, 1.82) is 0 Å². The first-order valence-corrected chi connectivity index (χ1v) is 5.80. The van der Waals surface area contributed by atoms with Gasteiger partial charge in [-0.2, -0.15) is 0 Å². The van der Waals surface area contributed by atoms with Crippen LogP contribution >= 0.6 is 22.6 Å². The predicted octanol–water partition coefficient (Wildman–Crippen LogP) is 1.72. The maximum absolute atomic E-state index is 6.00. The number of hydrogen-bond acceptors (Lipinski definition) is 2. The summed E-state index contributed by atoms with van der Waals surface area (Å²) in [4.78, 5) is 2.12. The van der Waals surface area contributed by atoms with Gasteiger partial charge in [-0.05, 0) is 60.8 Å². The van der Waals surface area contributed by atoms with Gasteiger partial charge in [0, 0.05) is 16.2 Å². The summed E-state index contributed by atoms with van der Waals surface area (Å²) in [6.07, 6.45) is 0.953. The fourth-order valence-corrected chi connectivity index (χ4v) is 1.82. The van der Waals surface area contributed by atoms with Crippen LogP contribution in [0.2, 0.25) is 0 Å². The second-order valence-corrected chi connectivity index (χ2v) is 5.10. The highest BCUT2D eigenvalue weighted by Crippen LogP contribution is 2.08. The van der Waals surface area contributed by atoms with E-state index in [4.69, 9.17) is 5.73 Å². The molecule has 1 unspecified atom stereocenters. The van der Waals surface area contributed by atoms with Gasteiger partial charge in [0.15, 0.2) is 0 Å². The van der Waals surface area contributed by atoms with Crippen LogP contribution in [-0.4, -0.2) is 31.6 Å². The van der Waals surface area contributed by atoms with Gasteiger partial charge >= 0.3 is 0 Å². The van der Waals surface area contributed by atoms with E-state index in [1.54, 1.807) is 0 Å². The van der Waals surface area contributed by atoms with Gasteiger partial charge in [0.25, 0.3) is 0 Å². The molecule has 0 radical (unpaired) electrons. The number of halogens is 1. The molecule has 0 saturated heterocycles. The second-order valence-electron chi connectivity index (χ2n) is 3.85. The van der Waals surface area contributed by atoms with Crippen LogP contribution in [0.25, 0.3) is 0 Å². The van der Waals surface area contributed by atoms with E-state index in [2.05, 4.69) is 51.8 Å². The third-order valence-electron chi connectivity index (χ3n) is 2.01. The first-order chi connectivity index (χ1) is 6.58. The van der Waals surface area contributed by atoms with Gasteiger partial charge in [0.2, 0.25) is 0 Å². The highest BCUT2D eigenvalue weighted by molar-refractivity contribution is 14.1. The van der Waals surface area contributed by atoms with Gasteiger partial charge in [-0.1, -0.05) is 12.1 Å². The molecule has 3 heteroatoms. The SMILES string of the molecule is CN(C)CC(N)Cc1ccc(I)cc1. The van der Waals surface area contributed by atoms with E-state index in [1.165, 1.54) is 9.13 Å². The zero-order chi connectivity index (χ0) is 10.6. The lowest BCUT2D eigenvalue weighted by molar-refractivity contribution is 0.371. The van der Waals surface area contributed by atoms with E-state index in [9.17, 15) is 0 Å². The summed E-state index contributed by atoms with van der Waals surface area (Å²) in [7, 11) is 4.10. The van der Waals surface area contributed by atoms with Gasteiger partial charge in [-0.15, -0.1) is 0 Å². The molecule has 0 fully saturated rings. The Kier molecular flexibility index (Phi) is 4.84. The quantitative estimate of drug-likeness (QED) is 0.858. The molecular formula is C11H17IN2.